The van der Waals surface area contributed by atoms with Gasteiger partial charge >= 0.3 is 0 Å². The van der Waals surface area contributed by atoms with E-state index in [1.807, 2.05) is 49.5 Å². The van der Waals surface area contributed by atoms with Crippen LogP contribution in [0, 0.1) is 5.92 Å². The Morgan fingerprint density at radius 2 is 1.38 bits per heavy atom. The van der Waals surface area contributed by atoms with E-state index in [1.54, 1.807) is 12.4 Å². The first-order valence-corrected chi connectivity index (χ1v) is 10.6. The average molecular weight is 390 g/mol. The standard InChI is InChI=1S/C8H10.C7H9N.C6H8N2.C5H8/c1-2-8-6-4-3-5-7-8;1-2-7-5-3-4-6-8-7;1-2-6-7-4-3-5-8-6;1-2-5-3-4-5/h3-7H,2H2,1H3;3-6H,2H2,1H3;3-5H,2H2,1H3;2,5H,1,3-4H2. The van der Waals surface area contributed by atoms with Crippen molar-refractivity contribution in [2.45, 2.75) is 52.9 Å². The van der Waals surface area contributed by atoms with Crippen LogP contribution in [0.5, 0.6) is 0 Å². The van der Waals surface area contributed by atoms with Crippen LogP contribution in [0.15, 0.2) is 85.8 Å². The Balaban J connectivity index is 0.000000196. The van der Waals surface area contributed by atoms with Gasteiger partial charge in [0.1, 0.15) is 5.82 Å². The molecular weight excluding hydrogens is 354 g/mol. The Kier molecular flexibility index (Phi) is 13.5. The summed E-state index contributed by atoms with van der Waals surface area (Å²) in [6.07, 6.45) is 13.2. The van der Waals surface area contributed by atoms with Gasteiger partial charge < -0.3 is 0 Å². The number of allylic oxidation sites excluding steroid dienone is 1. The zero-order chi connectivity index (χ0) is 21.2. The number of aryl methyl sites for hydroxylation is 3. The maximum Gasteiger partial charge on any atom is 0.127 e. The van der Waals surface area contributed by atoms with E-state index in [9.17, 15) is 0 Å². The van der Waals surface area contributed by atoms with Crippen molar-refractivity contribution in [3.63, 3.8) is 0 Å². The smallest absolute Gasteiger partial charge is 0.127 e. The highest BCUT2D eigenvalue weighted by Gasteiger charge is 2.15. The van der Waals surface area contributed by atoms with Crippen LogP contribution in [0.3, 0.4) is 0 Å². The van der Waals surface area contributed by atoms with Crippen LogP contribution in [0.4, 0.5) is 0 Å². The van der Waals surface area contributed by atoms with E-state index in [0.717, 1.165) is 36.7 Å². The second kappa shape index (κ2) is 16.2. The molecule has 4 rings (SSSR count). The quantitative estimate of drug-likeness (QED) is 0.477. The van der Waals surface area contributed by atoms with Crippen LogP contribution < -0.4 is 0 Å². The second-order valence-corrected chi connectivity index (χ2v) is 6.61. The van der Waals surface area contributed by atoms with Crippen molar-refractivity contribution in [1.29, 1.82) is 0 Å². The molecule has 1 fully saturated rings. The third kappa shape index (κ3) is 13.1. The zero-order valence-corrected chi connectivity index (χ0v) is 18.2. The van der Waals surface area contributed by atoms with Gasteiger partial charge in [0, 0.05) is 30.7 Å². The summed E-state index contributed by atoms with van der Waals surface area (Å²) in [6.45, 7) is 9.92. The molecule has 154 valence electrons. The highest BCUT2D eigenvalue weighted by Crippen LogP contribution is 2.28. The summed E-state index contributed by atoms with van der Waals surface area (Å²) in [5.74, 6) is 1.81. The molecule has 2 aromatic heterocycles. The van der Waals surface area contributed by atoms with Crippen LogP contribution in [0.25, 0.3) is 0 Å². The maximum atomic E-state index is 4.10. The molecule has 0 radical (unpaired) electrons. The Bertz CT molecular complexity index is 645. The second-order valence-electron chi connectivity index (χ2n) is 6.61. The molecule has 0 saturated heterocycles. The van der Waals surface area contributed by atoms with Gasteiger partial charge in [-0.25, -0.2) is 9.97 Å². The summed E-state index contributed by atoms with van der Waals surface area (Å²) in [4.78, 5) is 12.1. The summed E-state index contributed by atoms with van der Waals surface area (Å²) >= 11 is 0. The van der Waals surface area contributed by atoms with Gasteiger partial charge in [0.25, 0.3) is 0 Å². The van der Waals surface area contributed by atoms with Gasteiger partial charge in [0.15, 0.2) is 0 Å². The SMILES string of the molecule is C=CC1CC1.CCc1ccccc1.CCc1ccccn1.CCc1ncccn1. The first-order chi connectivity index (χ1) is 14.2. The van der Waals surface area contributed by atoms with Crippen LogP contribution in [-0.2, 0) is 19.3 Å². The van der Waals surface area contributed by atoms with E-state index < -0.39 is 0 Å². The van der Waals surface area contributed by atoms with Gasteiger partial charge in [0.2, 0.25) is 0 Å². The molecule has 0 atom stereocenters. The van der Waals surface area contributed by atoms with Crippen LogP contribution in [0.1, 0.15) is 50.7 Å². The first kappa shape index (κ1) is 24.2. The van der Waals surface area contributed by atoms with E-state index in [1.165, 1.54) is 18.4 Å². The van der Waals surface area contributed by atoms with Crippen molar-refractivity contribution in [2.75, 3.05) is 0 Å². The van der Waals surface area contributed by atoms with Gasteiger partial charge in [-0.2, -0.15) is 0 Å². The Hall–Kier alpha value is -2.81. The fourth-order valence-corrected chi connectivity index (χ4v) is 2.17. The molecule has 3 nitrogen and oxygen atoms in total. The van der Waals surface area contributed by atoms with Crippen molar-refractivity contribution in [3.8, 4) is 0 Å². The summed E-state index contributed by atoms with van der Waals surface area (Å²) in [5, 5.41) is 0. The summed E-state index contributed by atoms with van der Waals surface area (Å²) in [7, 11) is 0. The topological polar surface area (TPSA) is 38.7 Å². The Labute approximate surface area is 177 Å². The van der Waals surface area contributed by atoms with E-state index in [4.69, 9.17) is 0 Å². The molecule has 0 aliphatic heterocycles. The molecule has 29 heavy (non-hydrogen) atoms. The first-order valence-electron chi connectivity index (χ1n) is 10.6. The van der Waals surface area contributed by atoms with Crippen LogP contribution in [0.2, 0.25) is 0 Å². The van der Waals surface area contributed by atoms with Gasteiger partial charge in [0.05, 0.1) is 0 Å². The number of aromatic nitrogens is 3. The lowest BCUT2D eigenvalue weighted by atomic mass is 10.2. The molecule has 1 aromatic carbocycles. The fourth-order valence-electron chi connectivity index (χ4n) is 2.17. The largest absolute Gasteiger partial charge is 0.261 e. The lowest BCUT2D eigenvalue weighted by Crippen LogP contribution is -1.87. The highest BCUT2D eigenvalue weighted by molar-refractivity contribution is 5.13. The normalized spacial score (nSPS) is 11.4. The molecule has 0 N–H and O–H groups in total. The Morgan fingerprint density at radius 3 is 1.69 bits per heavy atom. The van der Waals surface area contributed by atoms with Gasteiger partial charge in [-0.1, -0.05) is 63.2 Å². The lowest BCUT2D eigenvalue weighted by molar-refractivity contribution is 0.939. The molecule has 1 aliphatic rings. The zero-order valence-electron chi connectivity index (χ0n) is 18.2. The van der Waals surface area contributed by atoms with Gasteiger partial charge in [-0.05, 0) is 55.4 Å². The van der Waals surface area contributed by atoms with Gasteiger partial charge in [-0.3, -0.25) is 4.98 Å². The third-order valence-corrected chi connectivity index (χ3v) is 4.23. The van der Waals surface area contributed by atoms with E-state index in [0.29, 0.717) is 0 Å². The number of pyridine rings is 1. The molecule has 3 aromatic rings. The number of benzene rings is 1. The van der Waals surface area contributed by atoms with Crippen LogP contribution >= 0.6 is 0 Å². The van der Waals surface area contributed by atoms with E-state index >= 15 is 0 Å². The fraction of sp³-hybridized carbons (Fsp3) is 0.346. The monoisotopic (exact) mass is 389 g/mol. The number of nitrogens with zero attached hydrogens (tertiary/aromatic N) is 3. The molecule has 2 heterocycles. The minimum atomic E-state index is 0.898. The van der Waals surface area contributed by atoms with Gasteiger partial charge in [-0.15, -0.1) is 6.58 Å². The van der Waals surface area contributed by atoms with E-state index in [2.05, 4.69) is 59.6 Å². The van der Waals surface area contributed by atoms with Crippen LogP contribution in [-0.4, -0.2) is 15.0 Å². The summed E-state index contributed by atoms with van der Waals surface area (Å²) in [5.41, 5.74) is 2.57. The molecule has 0 amide bonds. The third-order valence-electron chi connectivity index (χ3n) is 4.23. The number of hydrogen-bond donors (Lipinski definition) is 0. The Morgan fingerprint density at radius 1 is 0.759 bits per heavy atom. The number of hydrogen-bond acceptors (Lipinski definition) is 3. The highest BCUT2D eigenvalue weighted by atomic mass is 14.8. The molecule has 0 unspecified atom stereocenters. The van der Waals surface area contributed by atoms with E-state index in [-0.39, 0.29) is 0 Å². The van der Waals surface area contributed by atoms with Crippen molar-refractivity contribution in [2.24, 2.45) is 5.92 Å². The predicted molar refractivity (Wildman–Crippen MR) is 124 cm³/mol. The molecule has 3 heteroatoms. The molecule has 0 spiro atoms. The molecule has 0 bridgehead atoms. The average Bonchev–Trinajstić information content (AvgIpc) is 3.67. The maximum absolute atomic E-state index is 4.10. The molecule has 1 saturated carbocycles. The molecular formula is C26H35N3. The minimum absolute atomic E-state index is 0.898. The summed E-state index contributed by atoms with van der Waals surface area (Å²) < 4.78 is 0. The lowest BCUT2D eigenvalue weighted by Gasteiger charge is -1.89. The summed E-state index contributed by atoms with van der Waals surface area (Å²) in [6, 6.07) is 18.2. The molecule has 1 aliphatic carbocycles. The van der Waals surface area contributed by atoms with Crippen molar-refractivity contribution < 1.29 is 0 Å². The van der Waals surface area contributed by atoms with Crippen molar-refractivity contribution >= 4 is 0 Å². The number of rotatable bonds is 4. The van der Waals surface area contributed by atoms with Crippen molar-refractivity contribution in [3.05, 3.63) is 103 Å². The van der Waals surface area contributed by atoms with Crippen molar-refractivity contribution in [1.82, 2.24) is 15.0 Å². The minimum Gasteiger partial charge on any atom is -0.261 e. The predicted octanol–water partition coefficient (Wildman–Crippen LogP) is 6.51.